The van der Waals surface area contributed by atoms with Crippen molar-refractivity contribution in [2.24, 2.45) is 0 Å². The lowest BCUT2D eigenvalue weighted by Gasteiger charge is -2.21. The number of aromatic nitrogens is 1. The van der Waals surface area contributed by atoms with Gasteiger partial charge in [0, 0.05) is 14.1 Å². The lowest BCUT2D eigenvalue weighted by Crippen LogP contribution is -2.25. The van der Waals surface area contributed by atoms with Gasteiger partial charge in [-0.1, -0.05) is 54.6 Å². The molecule has 1 heterocycles. The summed E-state index contributed by atoms with van der Waals surface area (Å²) in [5, 5.41) is 2.78. The van der Waals surface area contributed by atoms with E-state index in [0.29, 0.717) is 0 Å². The van der Waals surface area contributed by atoms with Crippen LogP contribution in [0.1, 0.15) is 11.1 Å². The molecule has 1 aromatic heterocycles. The molecule has 104 valence electrons. The smallest absolute Gasteiger partial charge is 0.0721 e. The molecule has 0 N–H and O–H groups in total. The molecule has 0 saturated heterocycles. The highest BCUT2D eigenvalue weighted by Crippen LogP contribution is 2.34. The number of nitrogens with zero attached hydrogens (tertiary/aromatic N) is 1. The number of aryl methyl sites for hydroxylation is 2. The summed E-state index contributed by atoms with van der Waals surface area (Å²) in [5.74, 6) is 0. The first-order valence-electron chi connectivity index (χ1n) is 7.10. The quantitative estimate of drug-likeness (QED) is 0.674. The second-order valence-corrected chi connectivity index (χ2v) is 7.19. The van der Waals surface area contributed by atoms with Crippen molar-refractivity contribution in [3.8, 4) is 0 Å². The van der Waals surface area contributed by atoms with E-state index in [1.807, 2.05) is 12.3 Å². The molecule has 1 nitrogen and oxygen atoms in total. The molecule has 3 aromatic rings. The van der Waals surface area contributed by atoms with E-state index in [1.165, 1.54) is 21.7 Å². The summed E-state index contributed by atoms with van der Waals surface area (Å²) in [4.78, 5) is 4.64. The summed E-state index contributed by atoms with van der Waals surface area (Å²) in [6, 6.07) is 23.5. The third kappa shape index (κ3) is 2.89. The summed E-state index contributed by atoms with van der Waals surface area (Å²) >= 11 is 0. The van der Waals surface area contributed by atoms with E-state index in [-0.39, 0.29) is 0 Å². The first kappa shape index (κ1) is 14.0. The molecule has 21 heavy (non-hydrogen) atoms. The summed E-state index contributed by atoms with van der Waals surface area (Å²) in [7, 11) is -0.599. The fraction of sp³-hybridized carbons (Fsp3) is 0.105. The number of pyridine rings is 1. The lowest BCUT2D eigenvalue weighted by molar-refractivity contribution is 1.39. The summed E-state index contributed by atoms with van der Waals surface area (Å²) < 4.78 is 0. The minimum Gasteiger partial charge on any atom is -0.256 e. The van der Waals surface area contributed by atoms with E-state index in [1.54, 1.807) is 0 Å². The molecule has 2 heteroatoms. The second-order valence-electron chi connectivity index (χ2n) is 5.10. The van der Waals surface area contributed by atoms with Crippen molar-refractivity contribution < 1.29 is 0 Å². The minimum absolute atomic E-state index is 0.599. The number of benzene rings is 2. The Labute approximate surface area is 127 Å². The van der Waals surface area contributed by atoms with E-state index in [0.717, 1.165) is 5.44 Å². The third-order valence-corrected chi connectivity index (χ3v) is 6.28. The summed E-state index contributed by atoms with van der Waals surface area (Å²) in [5.41, 5.74) is 3.83. The molecule has 0 spiro atoms. The molecule has 3 rings (SSSR count). The zero-order chi connectivity index (χ0) is 14.7. The summed E-state index contributed by atoms with van der Waals surface area (Å²) in [6.45, 7) is 4.37. The Morgan fingerprint density at radius 3 is 1.67 bits per heavy atom. The van der Waals surface area contributed by atoms with E-state index in [4.69, 9.17) is 0 Å². The van der Waals surface area contributed by atoms with E-state index < -0.39 is 7.92 Å². The molecule has 0 radical (unpaired) electrons. The van der Waals surface area contributed by atoms with Gasteiger partial charge in [0.1, 0.15) is 0 Å². The molecule has 0 aliphatic rings. The highest BCUT2D eigenvalue weighted by atomic mass is 31.1. The van der Waals surface area contributed by atoms with Gasteiger partial charge in [0.25, 0.3) is 0 Å². The average molecular weight is 291 g/mol. The van der Waals surface area contributed by atoms with Gasteiger partial charge in [-0.2, -0.15) is 0 Å². The van der Waals surface area contributed by atoms with Crippen LogP contribution >= 0.6 is 7.92 Å². The van der Waals surface area contributed by atoms with Gasteiger partial charge >= 0.3 is 0 Å². The molecule has 0 saturated carbocycles. The Kier molecular flexibility index (Phi) is 4.13. The predicted molar refractivity (Wildman–Crippen MR) is 92.4 cm³/mol. The van der Waals surface area contributed by atoms with Crippen LogP contribution in [0.5, 0.6) is 0 Å². The van der Waals surface area contributed by atoms with Crippen LogP contribution in [0.4, 0.5) is 0 Å². The Hall–Kier alpha value is -1.98. The molecule has 0 amide bonds. The van der Waals surface area contributed by atoms with E-state index in [9.17, 15) is 0 Å². The van der Waals surface area contributed by atoms with E-state index >= 15 is 0 Å². The maximum atomic E-state index is 4.64. The lowest BCUT2D eigenvalue weighted by atomic mass is 10.2. The minimum atomic E-state index is -0.599. The SMILES string of the molecule is Cc1ccccc1P(c1ccccn1)c1ccccc1C. The molecule has 0 atom stereocenters. The topological polar surface area (TPSA) is 12.9 Å². The average Bonchev–Trinajstić information content (AvgIpc) is 2.52. The Balaban J connectivity index is 2.22. The van der Waals surface area contributed by atoms with Crippen LogP contribution in [0.15, 0.2) is 72.9 Å². The molecule has 0 unspecified atom stereocenters. The molecular formula is C19H18NP. The Morgan fingerprint density at radius 2 is 1.19 bits per heavy atom. The zero-order valence-corrected chi connectivity index (χ0v) is 13.2. The number of hydrogen-bond acceptors (Lipinski definition) is 1. The molecular weight excluding hydrogens is 273 g/mol. The van der Waals surface area contributed by atoms with Gasteiger partial charge in [0.05, 0.1) is 5.44 Å². The third-order valence-electron chi connectivity index (χ3n) is 3.59. The first-order chi connectivity index (χ1) is 10.3. The van der Waals surface area contributed by atoms with Crippen LogP contribution in [0.2, 0.25) is 0 Å². The monoisotopic (exact) mass is 291 g/mol. The number of hydrogen-bond donors (Lipinski definition) is 0. The van der Waals surface area contributed by atoms with Gasteiger partial charge in [0.15, 0.2) is 0 Å². The highest BCUT2D eigenvalue weighted by molar-refractivity contribution is 7.79. The van der Waals surface area contributed by atoms with Crippen molar-refractivity contribution in [1.82, 2.24) is 4.98 Å². The van der Waals surface area contributed by atoms with Crippen LogP contribution in [0.3, 0.4) is 0 Å². The van der Waals surface area contributed by atoms with Crippen molar-refractivity contribution in [3.63, 3.8) is 0 Å². The first-order valence-corrected chi connectivity index (χ1v) is 8.44. The van der Waals surface area contributed by atoms with Gasteiger partial charge in [-0.3, -0.25) is 4.98 Å². The van der Waals surface area contributed by atoms with Crippen LogP contribution in [-0.4, -0.2) is 4.98 Å². The number of rotatable bonds is 3. The van der Waals surface area contributed by atoms with Crippen molar-refractivity contribution >= 4 is 24.0 Å². The van der Waals surface area contributed by atoms with Gasteiger partial charge < -0.3 is 0 Å². The standard InChI is InChI=1S/C19H18NP/c1-15-9-3-5-11-17(15)21(19-13-7-8-14-20-19)18-12-6-4-10-16(18)2/h3-14H,1-2H3. The molecule has 2 aromatic carbocycles. The van der Waals surface area contributed by atoms with Gasteiger partial charge in [-0.15, -0.1) is 0 Å². The van der Waals surface area contributed by atoms with Crippen LogP contribution < -0.4 is 16.0 Å². The molecule has 0 fully saturated rings. The van der Waals surface area contributed by atoms with Gasteiger partial charge in [-0.05, 0) is 47.7 Å². The molecule has 0 bridgehead atoms. The Morgan fingerprint density at radius 1 is 0.667 bits per heavy atom. The largest absolute Gasteiger partial charge is 0.256 e. The zero-order valence-electron chi connectivity index (χ0n) is 12.3. The van der Waals surface area contributed by atoms with E-state index in [2.05, 4.69) is 79.5 Å². The summed E-state index contributed by atoms with van der Waals surface area (Å²) in [6.07, 6.45) is 1.89. The fourth-order valence-electron chi connectivity index (χ4n) is 2.49. The van der Waals surface area contributed by atoms with Crippen molar-refractivity contribution in [2.75, 3.05) is 0 Å². The van der Waals surface area contributed by atoms with Crippen molar-refractivity contribution in [3.05, 3.63) is 84.1 Å². The maximum Gasteiger partial charge on any atom is 0.0721 e. The predicted octanol–water partition coefficient (Wildman–Crippen LogP) is 3.46. The molecule has 0 aliphatic heterocycles. The second kappa shape index (κ2) is 6.20. The van der Waals surface area contributed by atoms with Crippen molar-refractivity contribution in [1.29, 1.82) is 0 Å². The van der Waals surface area contributed by atoms with Gasteiger partial charge in [-0.25, -0.2) is 0 Å². The normalized spacial score (nSPS) is 10.8. The van der Waals surface area contributed by atoms with Crippen LogP contribution in [-0.2, 0) is 0 Å². The highest BCUT2D eigenvalue weighted by Gasteiger charge is 2.20. The van der Waals surface area contributed by atoms with Crippen LogP contribution in [0, 0.1) is 13.8 Å². The van der Waals surface area contributed by atoms with Crippen LogP contribution in [0.25, 0.3) is 0 Å². The van der Waals surface area contributed by atoms with Crippen molar-refractivity contribution in [2.45, 2.75) is 13.8 Å². The van der Waals surface area contributed by atoms with Gasteiger partial charge in [0.2, 0.25) is 0 Å². The maximum absolute atomic E-state index is 4.64. The Bertz CT molecular complexity index is 692. The fourth-order valence-corrected chi connectivity index (χ4v) is 4.99. The molecule has 0 aliphatic carbocycles.